The molecule has 140 valence electrons. The first-order valence-electron chi connectivity index (χ1n) is 8.61. The summed E-state index contributed by atoms with van der Waals surface area (Å²) in [6.45, 7) is 4.39. The number of anilines is 1. The van der Waals surface area contributed by atoms with Crippen LogP contribution in [0.5, 0.6) is 0 Å². The molecule has 0 aliphatic carbocycles. The lowest BCUT2D eigenvalue weighted by Crippen LogP contribution is -2.20. The van der Waals surface area contributed by atoms with E-state index >= 15 is 0 Å². The Morgan fingerprint density at radius 3 is 2.56 bits per heavy atom. The number of rotatable bonds is 5. The molecule has 1 aromatic carbocycles. The maximum absolute atomic E-state index is 12.4. The minimum atomic E-state index is -0.679. The number of H-pyrrole nitrogens is 1. The third-order valence-electron chi connectivity index (χ3n) is 4.65. The van der Waals surface area contributed by atoms with Crippen molar-refractivity contribution in [3.8, 4) is 0 Å². The SMILES string of the molecule is CC(=O)c1c(C)[nH]c(C(=O)OCC(=O)c2ccc3c(c2)CCC(=O)N3)c1C. The van der Waals surface area contributed by atoms with Crippen molar-refractivity contribution in [2.24, 2.45) is 0 Å². The summed E-state index contributed by atoms with van der Waals surface area (Å²) >= 11 is 0. The van der Waals surface area contributed by atoms with Gasteiger partial charge in [0, 0.05) is 28.9 Å². The zero-order chi connectivity index (χ0) is 19.7. The monoisotopic (exact) mass is 368 g/mol. The first kappa shape index (κ1) is 18.6. The van der Waals surface area contributed by atoms with Gasteiger partial charge in [0.15, 0.2) is 18.2 Å². The molecule has 0 unspecified atom stereocenters. The molecule has 1 aliphatic rings. The highest BCUT2D eigenvalue weighted by Gasteiger charge is 2.22. The van der Waals surface area contributed by atoms with Gasteiger partial charge in [0.25, 0.3) is 0 Å². The lowest BCUT2D eigenvalue weighted by Gasteiger charge is -2.17. The van der Waals surface area contributed by atoms with Crippen LogP contribution >= 0.6 is 0 Å². The molecule has 1 aliphatic heterocycles. The van der Waals surface area contributed by atoms with Crippen molar-refractivity contribution in [1.29, 1.82) is 0 Å². The van der Waals surface area contributed by atoms with E-state index in [0.717, 1.165) is 5.56 Å². The number of hydrogen-bond donors (Lipinski definition) is 2. The average Bonchev–Trinajstić information content (AvgIpc) is 2.93. The van der Waals surface area contributed by atoms with Crippen molar-refractivity contribution >= 4 is 29.1 Å². The summed E-state index contributed by atoms with van der Waals surface area (Å²) in [6, 6.07) is 4.99. The van der Waals surface area contributed by atoms with Gasteiger partial charge >= 0.3 is 5.97 Å². The van der Waals surface area contributed by atoms with Gasteiger partial charge in [-0.1, -0.05) is 0 Å². The molecule has 0 saturated heterocycles. The Morgan fingerprint density at radius 1 is 1.15 bits per heavy atom. The molecule has 0 saturated carbocycles. The highest BCUT2D eigenvalue weighted by Crippen LogP contribution is 2.24. The second-order valence-corrected chi connectivity index (χ2v) is 6.60. The Labute approximate surface area is 156 Å². The van der Waals surface area contributed by atoms with Crippen molar-refractivity contribution in [2.45, 2.75) is 33.6 Å². The number of benzene rings is 1. The van der Waals surface area contributed by atoms with Crippen LogP contribution in [0.15, 0.2) is 18.2 Å². The Morgan fingerprint density at radius 2 is 1.89 bits per heavy atom. The number of Topliss-reactive ketones (excluding diaryl/α,β-unsaturated/α-hetero) is 2. The third kappa shape index (κ3) is 3.67. The first-order chi connectivity index (χ1) is 12.8. The van der Waals surface area contributed by atoms with Crippen LogP contribution in [0.3, 0.4) is 0 Å². The predicted molar refractivity (Wildman–Crippen MR) is 98.3 cm³/mol. The van der Waals surface area contributed by atoms with E-state index in [9.17, 15) is 19.2 Å². The molecule has 0 atom stereocenters. The normalized spacial score (nSPS) is 12.9. The highest BCUT2D eigenvalue weighted by molar-refractivity contribution is 6.03. The number of aromatic nitrogens is 1. The lowest BCUT2D eigenvalue weighted by molar-refractivity contribution is -0.116. The third-order valence-corrected chi connectivity index (χ3v) is 4.65. The molecule has 0 fully saturated rings. The van der Waals surface area contributed by atoms with Crippen LogP contribution < -0.4 is 5.32 Å². The number of aromatic amines is 1. The molecular weight excluding hydrogens is 348 g/mol. The molecule has 2 heterocycles. The zero-order valence-corrected chi connectivity index (χ0v) is 15.4. The summed E-state index contributed by atoms with van der Waals surface area (Å²) in [6.07, 6.45) is 0.945. The molecule has 0 bridgehead atoms. The van der Waals surface area contributed by atoms with Crippen LogP contribution in [0.4, 0.5) is 5.69 Å². The van der Waals surface area contributed by atoms with Crippen molar-refractivity contribution in [3.05, 3.63) is 51.8 Å². The molecule has 2 aromatic rings. The van der Waals surface area contributed by atoms with E-state index in [4.69, 9.17) is 4.74 Å². The van der Waals surface area contributed by atoms with Crippen LogP contribution in [0.1, 0.15) is 61.4 Å². The summed E-state index contributed by atoms with van der Waals surface area (Å²) in [5, 5.41) is 2.75. The molecule has 1 aromatic heterocycles. The van der Waals surface area contributed by atoms with Gasteiger partial charge < -0.3 is 15.0 Å². The van der Waals surface area contributed by atoms with E-state index in [1.807, 2.05) is 0 Å². The summed E-state index contributed by atoms with van der Waals surface area (Å²) in [5.41, 5.74) is 3.75. The average molecular weight is 368 g/mol. The van der Waals surface area contributed by atoms with Crippen LogP contribution in [-0.4, -0.2) is 35.0 Å². The highest BCUT2D eigenvalue weighted by atomic mass is 16.5. The topological polar surface area (TPSA) is 105 Å². The number of amides is 1. The second-order valence-electron chi connectivity index (χ2n) is 6.60. The fourth-order valence-corrected chi connectivity index (χ4v) is 3.33. The Kier molecular flexibility index (Phi) is 4.94. The van der Waals surface area contributed by atoms with E-state index in [2.05, 4.69) is 10.3 Å². The van der Waals surface area contributed by atoms with Crippen LogP contribution in [-0.2, 0) is 16.0 Å². The van der Waals surface area contributed by atoms with Crippen molar-refractivity contribution in [2.75, 3.05) is 11.9 Å². The van der Waals surface area contributed by atoms with Gasteiger partial charge in [-0.2, -0.15) is 0 Å². The summed E-state index contributed by atoms with van der Waals surface area (Å²) in [5.74, 6) is -1.20. The number of ether oxygens (including phenoxy) is 1. The molecule has 27 heavy (non-hydrogen) atoms. The Balaban J connectivity index is 1.69. The summed E-state index contributed by atoms with van der Waals surface area (Å²) < 4.78 is 5.13. The number of ketones is 2. The maximum Gasteiger partial charge on any atom is 0.355 e. The van der Waals surface area contributed by atoms with E-state index in [1.54, 1.807) is 32.0 Å². The molecule has 0 spiro atoms. The maximum atomic E-state index is 12.4. The van der Waals surface area contributed by atoms with Gasteiger partial charge in [0.05, 0.1) is 0 Å². The van der Waals surface area contributed by atoms with Gasteiger partial charge in [-0.25, -0.2) is 4.79 Å². The van der Waals surface area contributed by atoms with E-state index in [0.29, 0.717) is 40.9 Å². The summed E-state index contributed by atoms with van der Waals surface area (Å²) in [7, 11) is 0. The van der Waals surface area contributed by atoms with Gasteiger partial charge in [-0.05, 0) is 56.5 Å². The molecule has 0 radical (unpaired) electrons. The Bertz CT molecular complexity index is 971. The number of carbonyl (C=O) groups excluding carboxylic acids is 4. The van der Waals surface area contributed by atoms with Crippen molar-refractivity contribution < 1.29 is 23.9 Å². The van der Waals surface area contributed by atoms with Crippen LogP contribution in [0.2, 0.25) is 0 Å². The first-order valence-corrected chi connectivity index (χ1v) is 8.61. The molecule has 3 rings (SSSR count). The number of fused-ring (bicyclic) bond motifs is 1. The van der Waals surface area contributed by atoms with Crippen LogP contribution in [0.25, 0.3) is 0 Å². The zero-order valence-electron chi connectivity index (χ0n) is 15.4. The fraction of sp³-hybridized carbons (Fsp3) is 0.300. The molecule has 7 heteroatoms. The number of aryl methyl sites for hydroxylation is 2. The quantitative estimate of drug-likeness (QED) is 0.624. The minimum absolute atomic E-state index is 0.0444. The van der Waals surface area contributed by atoms with E-state index < -0.39 is 12.6 Å². The fourth-order valence-electron chi connectivity index (χ4n) is 3.33. The molecule has 1 amide bonds. The van der Waals surface area contributed by atoms with E-state index in [1.165, 1.54) is 6.92 Å². The molecular formula is C20H20N2O5. The van der Waals surface area contributed by atoms with Crippen molar-refractivity contribution in [3.63, 3.8) is 0 Å². The van der Waals surface area contributed by atoms with Crippen molar-refractivity contribution in [1.82, 2.24) is 4.98 Å². The van der Waals surface area contributed by atoms with Gasteiger partial charge in [-0.3, -0.25) is 14.4 Å². The van der Waals surface area contributed by atoms with Crippen LogP contribution in [0, 0.1) is 13.8 Å². The second kappa shape index (κ2) is 7.19. The number of esters is 1. The number of carbonyl (C=O) groups is 4. The van der Waals surface area contributed by atoms with Gasteiger partial charge in [0.1, 0.15) is 5.69 Å². The smallest absolute Gasteiger partial charge is 0.355 e. The van der Waals surface area contributed by atoms with Gasteiger partial charge in [-0.15, -0.1) is 0 Å². The lowest BCUT2D eigenvalue weighted by atomic mass is 9.99. The largest absolute Gasteiger partial charge is 0.453 e. The summed E-state index contributed by atoms with van der Waals surface area (Å²) in [4.78, 5) is 50.6. The Hall–Kier alpha value is -3.22. The number of hydrogen-bond acceptors (Lipinski definition) is 5. The van der Waals surface area contributed by atoms with E-state index in [-0.39, 0.29) is 23.2 Å². The standard InChI is InChI=1S/C20H20N2O5/c1-10-18(12(3)23)11(2)21-19(10)20(26)27-9-16(24)14-4-6-15-13(8-14)5-7-17(25)22-15/h4,6,8,21H,5,7,9H2,1-3H3,(H,22,25). The predicted octanol–water partition coefficient (Wildman–Crippen LogP) is 2.76. The minimum Gasteiger partial charge on any atom is -0.453 e. The molecule has 2 N–H and O–H groups in total. The molecule has 7 nitrogen and oxygen atoms in total. The number of nitrogens with one attached hydrogen (secondary N) is 2. The van der Waals surface area contributed by atoms with Gasteiger partial charge in [0.2, 0.25) is 5.91 Å².